The van der Waals surface area contributed by atoms with E-state index in [2.05, 4.69) is 21.9 Å². The van der Waals surface area contributed by atoms with E-state index in [-0.39, 0.29) is 17.9 Å². The molecule has 0 aliphatic heterocycles. The highest BCUT2D eigenvalue weighted by Crippen LogP contribution is 2.07. The van der Waals surface area contributed by atoms with E-state index in [1.807, 2.05) is 20.8 Å². The van der Waals surface area contributed by atoms with Crippen LogP contribution in [-0.4, -0.2) is 25.7 Å². The summed E-state index contributed by atoms with van der Waals surface area (Å²) in [6, 6.07) is 0.282. The van der Waals surface area contributed by atoms with Gasteiger partial charge >= 0.3 is 5.97 Å². The summed E-state index contributed by atoms with van der Waals surface area (Å²) in [6.07, 6.45) is 0.776. The molecule has 14 heavy (non-hydrogen) atoms. The third-order valence-electron chi connectivity index (χ3n) is 2.03. The summed E-state index contributed by atoms with van der Waals surface area (Å²) in [7, 11) is 1.42. The Labute approximate surface area is 86.2 Å². The molecule has 0 aromatic carbocycles. The average Bonchev–Trinajstić information content (AvgIpc) is 2.16. The quantitative estimate of drug-likeness (QED) is 0.531. The minimum absolute atomic E-state index is 0.0583. The number of rotatable bonds is 5. The summed E-state index contributed by atoms with van der Waals surface area (Å²) in [4.78, 5) is 11.1. The lowest BCUT2D eigenvalue weighted by molar-refractivity contribution is -0.145. The fourth-order valence-corrected chi connectivity index (χ4v) is 1.22. The maximum atomic E-state index is 11.1. The molecule has 0 bridgehead atoms. The molecule has 0 radical (unpaired) electrons. The van der Waals surface area contributed by atoms with Crippen molar-refractivity contribution in [3.05, 3.63) is 0 Å². The van der Waals surface area contributed by atoms with Crippen LogP contribution < -0.4 is 5.32 Å². The van der Waals surface area contributed by atoms with Gasteiger partial charge in [0.2, 0.25) is 0 Å². The Kier molecular flexibility index (Phi) is 6.87. The number of nitrogens with one attached hydrogen (secondary N) is 1. The van der Waals surface area contributed by atoms with Crippen LogP contribution in [0.15, 0.2) is 0 Å². The van der Waals surface area contributed by atoms with Gasteiger partial charge in [-0.25, -0.2) is 0 Å². The SMILES string of the molecule is CC#CCNC(C)CC(C)C(=O)OC. The molecule has 0 rings (SSSR count). The summed E-state index contributed by atoms with van der Waals surface area (Å²) in [5.74, 6) is 5.51. The summed E-state index contributed by atoms with van der Waals surface area (Å²) in [6.45, 7) is 6.39. The van der Waals surface area contributed by atoms with Gasteiger partial charge in [0.15, 0.2) is 0 Å². The second-order valence-corrected chi connectivity index (χ2v) is 3.37. The molecule has 0 aromatic heterocycles. The van der Waals surface area contributed by atoms with E-state index in [9.17, 15) is 4.79 Å². The molecule has 0 saturated carbocycles. The third kappa shape index (κ3) is 5.60. The zero-order valence-corrected chi connectivity index (χ0v) is 9.39. The number of methoxy groups -OCH3 is 1. The van der Waals surface area contributed by atoms with Gasteiger partial charge in [-0.15, -0.1) is 5.92 Å². The fourth-order valence-electron chi connectivity index (χ4n) is 1.22. The van der Waals surface area contributed by atoms with Gasteiger partial charge in [0, 0.05) is 6.04 Å². The summed E-state index contributed by atoms with van der Waals surface area (Å²) < 4.78 is 4.64. The molecule has 0 spiro atoms. The highest BCUT2D eigenvalue weighted by atomic mass is 16.5. The minimum atomic E-state index is -0.153. The van der Waals surface area contributed by atoms with Crippen molar-refractivity contribution < 1.29 is 9.53 Å². The van der Waals surface area contributed by atoms with Crippen LogP contribution in [-0.2, 0) is 9.53 Å². The predicted molar refractivity (Wildman–Crippen MR) is 56.7 cm³/mol. The maximum absolute atomic E-state index is 11.1. The van der Waals surface area contributed by atoms with Crippen LogP contribution in [0.25, 0.3) is 0 Å². The monoisotopic (exact) mass is 197 g/mol. The Bertz CT molecular complexity index is 227. The van der Waals surface area contributed by atoms with Crippen LogP contribution in [0.4, 0.5) is 0 Å². The Balaban J connectivity index is 3.74. The van der Waals surface area contributed by atoms with E-state index in [4.69, 9.17) is 0 Å². The van der Waals surface area contributed by atoms with Gasteiger partial charge in [0.25, 0.3) is 0 Å². The van der Waals surface area contributed by atoms with Crippen molar-refractivity contribution in [1.82, 2.24) is 5.32 Å². The smallest absolute Gasteiger partial charge is 0.308 e. The first kappa shape index (κ1) is 13.0. The number of hydrogen-bond acceptors (Lipinski definition) is 3. The molecule has 80 valence electrons. The van der Waals surface area contributed by atoms with E-state index in [0.717, 1.165) is 6.42 Å². The molecular formula is C11H19NO2. The number of carbonyl (C=O) groups is 1. The molecule has 3 heteroatoms. The largest absolute Gasteiger partial charge is 0.469 e. The van der Waals surface area contributed by atoms with Crippen molar-refractivity contribution in [3.63, 3.8) is 0 Å². The molecule has 3 nitrogen and oxygen atoms in total. The molecule has 2 atom stereocenters. The molecule has 2 unspecified atom stereocenters. The second kappa shape index (κ2) is 7.40. The zero-order chi connectivity index (χ0) is 11.0. The van der Waals surface area contributed by atoms with Gasteiger partial charge in [-0.05, 0) is 20.3 Å². The number of hydrogen-bond donors (Lipinski definition) is 1. The Morgan fingerprint density at radius 1 is 1.50 bits per heavy atom. The molecule has 0 amide bonds. The van der Waals surface area contributed by atoms with E-state index in [0.29, 0.717) is 6.54 Å². The van der Waals surface area contributed by atoms with Crippen LogP contribution in [0.2, 0.25) is 0 Å². The van der Waals surface area contributed by atoms with Crippen LogP contribution >= 0.6 is 0 Å². The topological polar surface area (TPSA) is 38.3 Å². The highest BCUT2D eigenvalue weighted by Gasteiger charge is 2.15. The molecule has 0 saturated heterocycles. The first-order chi connectivity index (χ1) is 6.61. The first-order valence-corrected chi connectivity index (χ1v) is 4.82. The van der Waals surface area contributed by atoms with E-state index >= 15 is 0 Å². The normalized spacial score (nSPS) is 13.7. The molecular weight excluding hydrogens is 178 g/mol. The van der Waals surface area contributed by atoms with Crippen LogP contribution in [0.3, 0.4) is 0 Å². The van der Waals surface area contributed by atoms with E-state index < -0.39 is 0 Å². The predicted octanol–water partition coefficient (Wildman–Crippen LogP) is 1.19. The molecule has 0 heterocycles. The Morgan fingerprint density at radius 2 is 2.14 bits per heavy atom. The lowest BCUT2D eigenvalue weighted by atomic mass is 10.0. The van der Waals surface area contributed by atoms with Crippen molar-refractivity contribution in [2.75, 3.05) is 13.7 Å². The Morgan fingerprint density at radius 3 is 2.64 bits per heavy atom. The number of esters is 1. The second-order valence-electron chi connectivity index (χ2n) is 3.37. The van der Waals surface area contributed by atoms with Crippen molar-refractivity contribution >= 4 is 5.97 Å². The van der Waals surface area contributed by atoms with Gasteiger partial charge in [-0.1, -0.05) is 12.8 Å². The van der Waals surface area contributed by atoms with Crippen LogP contribution in [0.5, 0.6) is 0 Å². The van der Waals surface area contributed by atoms with E-state index in [1.54, 1.807) is 0 Å². The molecule has 0 fully saturated rings. The fraction of sp³-hybridized carbons (Fsp3) is 0.727. The van der Waals surface area contributed by atoms with Crippen molar-refractivity contribution in [1.29, 1.82) is 0 Å². The lowest BCUT2D eigenvalue weighted by Gasteiger charge is -2.15. The molecule has 1 N–H and O–H groups in total. The van der Waals surface area contributed by atoms with Crippen LogP contribution in [0.1, 0.15) is 27.2 Å². The first-order valence-electron chi connectivity index (χ1n) is 4.82. The van der Waals surface area contributed by atoms with Gasteiger partial charge in [-0.2, -0.15) is 0 Å². The van der Waals surface area contributed by atoms with Crippen molar-refractivity contribution in [2.24, 2.45) is 5.92 Å². The summed E-state index contributed by atoms with van der Waals surface area (Å²) >= 11 is 0. The van der Waals surface area contributed by atoms with Gasteiger partial charge in [0.1, 0.15) is 0 Å². The Hall–Kier alpha value is -1.01. The third-order valence-corrected chi connectivity index (χ3v) is 2.03. The zero-order valence-electron chi connectivity index (χ0n) is 9.39. The van der Waals surface area contributed by atoms with Gasteiger partial charge < -0.3 is 10.1 Å². The molecule has 0 aliphatic carbocycles. The van der Waals surface area contributed by atoms with Crippen molar-refractivity contribution in [2.45, 2.75) is 33.2 Å². The number of carbonyl (C=O) groups excluding carboxylic acids is 1. The van der Waals surface area contributed by atoms with Gasteiger partial charge in [0.05, 0.1) is 19.6 Å². The average molecular weight is 197 g/mol. The lowest BCUT2D eigenvalue weighted by Crippen LogP contribution is -2.30. The van der Waals surface area contributed by atoms with E-state index in [1.165, 1.54) is 7.11 Å². The van der Waals surface area contributed by atoms with Crippen LogP contribution in [0, 0.1) is 17.8 Å². The van der Waals surface area contributed by atoms with Gasteiger partial charge in [-0.3, -0.25) is 4.79 Å². The molecule has 0 aliphatic rings. The summed E-state index contributed by atoms with van der Waals surface area (Å²) in [5, 5.41) is 3.21. The standard InChI is InChI=1S/C11H19NO2/c1-5-6-7-12-10(3)8-9(2)11(13)14-4/h9-10,12H,7-8H2,1-4H3. The molecule has 0 aromatic rings. The van der Waals surface area contributed by atoms with Crippen molar-refractivity contribution in [3.8, 4) is 11.8 Å². The highest BCUT2D eigenvalue weighted by molar-refractivity contribution is 5.71. The summed E-state index contributed by atoms with van der Waals surface area (Å²) in [5.41, 5.74) is 0. The number of ether oxygens (including phenoxy) is 1. The minimum Gasteiger partial charge on any atom is -0.469 e. The maximum Gasteiger partial charge on any atom is 0.308 e.